The van der Waals surface area contributed by atoms with E-state index in [0.29, 0.717) is 34.3 Å². The highest BCUT2D eigenvalue weighted by Crippen LogP contribution is 2.29. The maximum atomic E-state index is 9.75. The lowest BCUT2D eigenvalue weighted by atomic mass is 9.92. The molecule has 5 rings (SSSR count). The monoisotopic (exact) mass is 454 g/mol. The second kappa shape index (κ2) is 8.98. The summed E-state index contributed by atoms with van der Waals surface area (Å²) in [5, 5.41) is 20.3. The molecule has 1 aliphatic rings. The summed E-state index contributed by atoms with van der Waals surface area (Å²) >= 11 is 0. The van der Waals surface area contributed by atoms with Crippen LogP contribution in [0.1, 0.15) is 31.4 Å². The zero-order valence-electron chi connectivity index (χ0n) is 19.2. The molecule has 1 saturated heterocycles. The van der Waals surface area contributed by atoms with Gasteiger partial charge in [0, 0.05) is 36.5 Å². The van der Waals surface area contributed by atoms with E-state index in [9.17, 15) is 5.26 Å². The molecular weight excluding hydrogens is 428 g/mol. The molecule has 0 amide bonds. The van der Waals surface area contributed by atoms with Gasteiger partial charge in [-0.05, 0) is 42.0 Å². The highest BCUT2D eigenvalue weighted by atomic mass is 16.5. The fourth-order valence-electron chi connectivity index (χ4n) is 4.67. The first-order valence-electron chi connectivity index (χ1n) is 11.3. The Balaban J connectivity index is 1.33. The average Bonchev–Trinajstić information content (AvgIpc) is 3.30. The number of nitrogens with zero attached hydrogens (tertiary/aromatic N) is 6. The Bertz CT molecular complexity index is 1350. The summed E-state index contributed by atoms with van der Waals surface area (Å²) in [5.74, 6) is 3.09. The van der Waals surface area contributed by atoms with Gasteiger partial charge in [-0.2, -0.15) is 15.6 Å². The molecular formula is C25H26N8O. The van der Waals surface area contributed by atoms with Crippen molar-refractivity contribution in [2.75, 3.05) is 23.7 Å². The predicted molar refractivity (Wildman–Crippen MR) is 130 cm³/mol. The van der Waals surface area contributed by atoms with Gasteiger partial charge in [0.2, 0.25) is 5.65 Å². The van der Waals surface area contributed by atoms with Crippen molar-refractivity contribution in [1.82, 2.24) is 25.4 Å². The molecule has 3 N–H and O–H groups in total. The number of H-pyrrole nitrogens is 1. The number of nitriles is 1. The minimum atomic E-state index is 0.192. The van der Waals surface area contributed by atoms with Gasteiger partial charge in [0.15, 0.2) is 11.3 Å². The molecule has 9 heteroatoms. The van der Waals surface area contributed by atoms with E-state index in [-0.39, 0.29) is 12.4 Å². The van der Waals surface area contributed by atoms with Crippen LogP contribution in [0.4, 0.5) is 11.6 Å². The van der Waals surface area contributed by atoms with Gasteiger partial charge in [0.25, 0.3) is 0 Å². The molecule has 1 fully saturated rings. The molecule has 4 heterocycles. The SMILES string of the molecule is CC1CC(C)CN(c2ccc(-c3ccc(COc4cc(N)nc5n[nH]nc45)c(C#N)c3)cn2)C1. The molecule has 0 spiro atoms. The zero-order valence-corrected chi connectivity index (χ0v) is 19.2. The van der Waals surface area contributed by atoms with E-state index in [1.807, 2.05) is 24.4 Å². The van der Waals surface area contributed by atoms with Gasteiger partial charge >= 0.3 is 0 Å². The van der Waals surface area contributed by atoms with E-state index in [0.717, 1.165) is 35.6 Å². The molecule has 34 heavy (non-hydrogen) atoms. The summed E-state index contributed by atoms with van der Waals surface area (Å²) in [5.41, 5.74) is 9.92. The fourth-order valence-corrected chi connectivity index (χ4v) is 4.67. The minimum absolute atomic E-state index is 0.192. The number of nitrogens with one attached hydrogen (secondary N) is 1. The first kappa shape index (κ1) is 21.6. The maximum absolute atomic E-state index is 9.75. The highest BCUT2D eigenvalue weighted by molar-refractivity contribution is 5.79. The molecule has 2 unspecified atom stereocenters. The number of anilines is 2. The number of rotatable bonds is 5. The minimum Gasteiger partial charge on any atom is -0.486 e. The van der Waals surface area contributed by atoms with Gasteiger partial charge in [-0.15, -0.1) is 5.10 Å². The predicted octanol–water partition coefficient (Wildman–Crippen LogP) is 3.93. The lowest BCUT2D eigenvalue weighted by Crippen LogP contribution is -2.39. The topological polar surface area (TPSA) is 130 Å². The second-order valence-electron chi connectivity index (χ2n) is 9.07. The lowest BCUT2D eigenvalue weighted by molar-refractivity contribution is 0.309. The zero-order chi connectivity index (χ0) is 23.7. The smallest absolute Gasteiger partial charge is 0.207 e. The molecule has 9 nitrogen and oxygen atoms in total. The number of aromatic amines is 1. The van der Waals surface area contributed by atoms with Crippen molar-refractivity contribution < 1.29 is 4.74 Å². The largest absolute Gasteiger partial charge is 0.486 e. The summed E-state index contributed by atoms with van der Waals surface area (Å²) in [7, 11) is 0. The third-order valence-electron chi connectivity index (χ3n) is 6.16. The van der Waals surface area contributed by atoms with Crippen molar-refractivity contribution in [2.24, 2.45) is 11.8 Å². The summed E-state index contributed by atoms with van der Waals surface area (Å²) in [6, 6.07) is 13.8. The van der Waals surface area contributed by atoms with Crippen molar-refractivity contribution >= 4 is 22.8 Å². The average molecular weight is 455 g/mol. The highest BCUT2D eigenvalue weighted by Gasteiger charge is 2.22. The summed E-state index contributed by atoms with van der Waals surface area (Å²) in [4.78, 5) is 11.2. The first-order chi connectivity index (χ1) is 16.5. The number of aromatic nitrogens is 5. The van der Waals surface area contributed by atoms with Crippen LogP contribution in [0.2, 0.25) is 0 Å². The number of nitrogen functional groups attached to an aromatic ring is 1. The van der Waals surface area contributed by atoms with Crippen LogP contribution in [0.25, 0.3) is 22.3 Å². The summed E-state index contributed by atoms with van der Waals surface area (Å²) in [6.07, 6.45) is 3.15. The van der Waals surface area contributed by atoms with Crippen molar-refractivity contribution in [3.63, 3.8) is 0 Å². The quantitative estimate of drug-likeness (QED) is 0.464. The molecule has 172 valence electrons. The van der Waals surface area contributed by atoms with Gasteiger partial charge in [-0.3, -0.25) is 0 Å². The first-order valence-corrected chi connectivity index (χ1v) is 11.3. The number of fused-ring (bicyclic) bond motifs is 1. The van der Waals surface area contributed by atoms with Crippen LogP contribution in [0, 0.1) is 23.2 Å². The Labute approximate surface area is 197 Å². The number of hydrogen-bond acceptors (Lipinski definition) is 8. The number of pyridine rings is 2. The lowest BCUT2D eigenvalue weighted by Gasteiger charge is -2.35. The van der Waals surface area contributed by atoms with Gasteiger partial charge < -0.3 is 15.4 Å². The Hall–Kier alpha value is -4.19. The van der Waals surface area contributed by atoms with Crippen LogP contribution in [-0.4, -0.2) is 38.5 Å². The Morgan fingerprint density at radius 2 is 1.91 bits per heavy atom. The Kier molecular flexibility index (Phi) is 5.72. The fraction of sp³-hybridized carbons (Fsp3) is 0.320. The number of nitrogens with two attached hydrogens (primary N) is 1. The standard InChI is InChI=1S/C25H26N8O/c1-15-7-16(2)13-33(12-15)23-6-5-18(11-28-23)17-3-4-19(20(8-17)10-26)14-34-21-9-22(27)29-25-24(21)30-32-31-25/h3-6,8-9,11,15-16H,7,12-14H2,1-2H3,(H3,27,29,30,31,32). The van der Waals surface area contributed by atoms with Crippen LogP contribution in [0.5, 0.6) is 5.75 Å². The molecule has 0 bridgehead atoms. The molecule has 2 atom stereocenters. The number of hydrogen-bond donors (Lipinski definition) is 2. The molecule has 4 aromatic rings. The van der Waals surface area contributed by atoms with Gasteiger partial charge in [0.1, 0.15) is 18.2 Å². The Morgan fingerprint density at radius 1 is 1.12 bits per heavy atom. The van der Waals surface area contributed by atoms with E-state index in [1.165, 1.54) is 6.42 Å². The number of piperidine rings is 1. The number of benzene rings is 1. The third kappa shape index (κ3) is 4.35. The van der Waals surface area contributed by atoms with Crippen molar-refractivity contribution in [2.45, 2.75) is 26.9 Å². The van der Waals surface area contributed by atoms with Gasteiger partial charge in [0.05, 0.1) is 11.6 Å². The molecule has 0 radical (unpaired) electrons. The Morgan fingerprint density at radius 3 is 2.65 bits per heavy atom. The van der Waals surface area contributed by atoms with E-state index in [2.05, 4.69) is 57.3 Å². The van der Waals surface area contributed by atoms with Crippen LogP contribution in [0.15, 0.2) is 42.6 Å². The molecule has 0 aliphatic carbocycles. The molecule has 3 aromatic heterocycles. The molecule has 0 saturated carbocycles. The van der Waals surface area contributed by atoms with Crippen LogP contribution in [-0.2, 0) is 6.61 Å². The molecule has 1 aliphatic heterocycles. The third-order valence-corrected chi connectivity index (χ3v) is 6.16. The second-order valence-corrected chi connectivity index (χ2v) is 9.07. The van der Waals surface area contributed by atoms with E-state index < -0.39 is 0 Å². The van der Waals surface area contributed by atoms with Crippen molar-refractivity contribution in [3.8, 4) is 22.9 Å². The van der Waals surface area contributed by atoms with E-state index >= 15 is 0 Å². The van der Waals surface area contributed by atoms with Crippen molar-refractivity contribution in [3.05, 3.63) is 53.7 Å². The van der Waals surface area contributed by atoms with Crippen LogP contribution >= 0.6 is 0 Å². The van der Waals surface area contributed by atoms with E-state index in [1.54, 1.807) is 6.07 Å². The maximum Gasteiger partial charge on any atom is 0.207 e. The van der Waals surface area contributed by atoms with Crippen molar-refractivity contribution in [1.29, 1.82) is 5.26 Å². The number of ether oxygens (including phenoxy) is 1. The van der Waals surface area contributed by atoms with Gasteiger partial charge in [-0.1, -0.05) is 26.0 Å². The molecule has 1 aromatic carbocycles. The van der Waals surface area contributed by atoms with Crippen LogP contribution < -0.4 is 15.4 Å². The van der Waals surface area contributed by atoms with Crippen LogP contribution in [0.3, 0.4) is 0 Å². The normalized spacial score (nSPS) is 18.1. The van der Waals surface area contributed by atoms with E-state index in [4.69, 9.17) is 15.5 Å². The summed E-state index contributed by atoms with van der Waals surface area (Å²) in [6.45, 7) is 6.85. The summed E-state index contributed by atoms with van der Waals surface area (Å²) < 4.78 is 5.92. The van der Waals surface area contributed by atoms with Gasteiger partial charge in [-0.25, -0.2) is 9.97 Å².